The number of H-pyrrole nitrogens is 1. The van der Waals surface area contributed by atoms with Crippen molar-refractivity contribution in [1.29, 1.82) is 0 Å². The van der Waals surface area contributed by atoms with Crippen LogP contribution < -0.4 is 5.32 Å². The average molecular weight is 330 g/mol. The number of carbonyl (C=O) groups is 1. The van der Waals surface area contributed by atoms with Crippen LogP contribution in [0.4, 0.5) is 0 Å². The molecule has 1 aliphatic carbocycles. The van der Waals surface area contributed by atoms with Gasteiger partial charge in [-0.05, 0) is 71.0 Å². The predicted molar refractivity (Wildman–Crippen MR) is 95.8 cm³/mol. The summed E-state index contributed by atoms with van der Waals surface area (Å²) in [6.45, 7) is 4.76. The summed E-state index contributed by atoms with van der Waals surface area (Å²) in [5.74, 6) is 0.726. The molecule has 0 aromatic carbocycles. The second-order valence-corrected chi connectivity index (χ2v) is 7.15. The predicted octanol–water partition coefficient (Wildman–Crippen LogP) is 2.98. The van der Waals surface area contributed by atoms with Crippen molar-refractivity contribution in [2.75, 3.05) is 19.6 Å². The smallest absolute Gasteiger partial charge is 0.237 e. The molecule has 2 aliphatic rings. The third-order valence-corrected chi connectivity index (χ3v) is 5.55. The summed E-state index contributed by atoms with van der Waals surface area (Å²) in [5.41, 5.74) is 2.75. The monoisotopic (exact) mass is 330 g/mol. The van der Waals surface area contributed by atoms with Gasteiger partial charge >= 0.3 is 0 Å². The van der Waals surface area contributed by atoms with Gasteiger partial charge in [-0.3, -0.25) is 14.8 Å². The van der Waals surface area contributed by atoms with Crippen LogP contribution in [0.1, 0.15) is 63.5 Å². The van der Waals surface area contributed by atoms with Crippen LogP contribution in [0.2, 0.25) is 0 Å². The second-order valence-electron chi connectivity index (χ2n) is 7.15. The number of aromatic nitrogens is 2. The quantitative estimate of drug-likeness (QED) is 0.788. The van der Waals surface area contributed by atoms with Gasteiger partial charge in [0.15, 0.2) is 0 Å². The molecule has 2 N–H and O–H groups in total. The highest BCUT2D eigenvalue weighted by molar-refractivity contribution is 5.81. The molecular formula is C19H30N4O. The fraction of sp³-hybridized carbons (Fsp3) is 0.684. The molecule has 1 atom stereocenters. The molecule has 0 saturated carbocycles. The molecule has 5 heteroatoms. The molecule has 0 unspecified atom stereocenters. The first kappa shape index (κ1) is 17.2. The van der Waals surface area contributed by atoms with E-state index < -0.39 is 0 Å². The van der Waals surface area contributed by atoms with Crippen molar-refractivity contribution in [3.8, 4) is 0 Å². The lowest BCUT2D eigenvalue weighted by atomic mass is 9.93. The molecule has 3 rings (SSSR count). The largest absolute Gasteiger partial charge is 0.354 e. The second kappa shape index (κ2) is 8.47. The molecule has 0 spiro atoms. The summed E-state index contributed by atoms with van der Waals surface area (Å²) < 4.78 is 0. The van der Waals surface area contributed by atoms with Crippen molar-refractivity contribution in [3.05, 3.63) is 29.6 Å². The summed E-state index contributed by atoms with van der Waals surface area (Å²) in [7, 11) is 0. The zero-order chi connectivity index (χ0) is 16.8. The minimum absolute atomic E-state index is 0.0342. The van der Waals surface area contributed by atoms with E-state index in [1.54, 1.807) is 0 Å². The molecule has 1 aliphatic heterocycles. The van der Waals surface area contributed by atoms with Crippen molar-refractivity contribution >= 4 is 5.91 Å². The van der Waals surface area contributed by atoms with E-state index in [0.717, 1.165) is 38.9 Å². The summed E-state index contributed by atoms with van der Waals surface area (Å²) in [6.07, 6.45) is 12.4. The van der Waals surface area contributed by atoms with E-state index in [0.29, 0.717) is 5.92 Å². The maximum absolute atomic E-state index is 12.4. The first-order valence-corrected chi connectivity index (χ1v) is 9.43. The molecule has 1 saturated heterocycles. The Bertz CT molecular complexity index is 544. The van der Waals surface area contributed by atoms with E-state index in [2.05, 4.69) is 32.6 Å². The van der Waals surface area contributed by atoms with Gasteiger partial charge in [-0.25, -0.2) is 0 Å². The van der Waals surface area contributed by atoms with Crippen LogP contribution in [-0.4, -0.2) is 46.7 Å². The zero-order valence-electron chi connectivity index (χ0n) is 14.8. The maximum atomic E-state index is 12.4. The maximum Gasteiger partial charge on any atom is 0.237 e. The number of aromatic amines is 1. The van der Waals surface area contributed by atoms with Gasteiger partial charge in [0.2, 0.25) is 5.91 Å². The molecular weight excluding hydrogens is 300 g/mol. The first-order chi connectivity index (χ1) is 11.7. The number of piperidine rings is 1. The molecule has 2 heterocycles. The Kier molecular flexibility index (Phi) is 6.07. The van der Waals surface area contributed by atoms with Crippen LogP contribution in [0.15, 0.2) is 23.9 Å². The van der Waals surface area contributed by atoms with Crippen LogP contribution in [0.5, 0.6) is 0 Å². The SMILES string of the molecule is C[C@@H](C(=O)NCCC1=CCCCC1)N1CCC(c2ccn[nH]2)CC1. The van der Waals surface area contributed by atoms with E-state index in [9.17, 15) is 4.79 Å². The third-order valence-electron chi connectivity index (χ3n) is 5.55. The highest BCUT2D eigenvalue weighted by atomic mass is 16.2. The number of nitrogens with zero attached hydrogens (tertiary/aromatic N) is 2. The van der Waals surface area contributed by atoms with Crippen LogP contribution in [0.25, 0.3) is 0 Å². The number of hydrogen-bond acceptors (Lipinski definition) is 3. The Morgan fingerprint density at radius 3 is 2.92 bits per heavy atom. The molecule has 24 heavy (non-hydrogen) atoms. The minimum atomic E-state index is -0.0342. The number of amides is 1. The fourth-order valence-corrected chi connectivity index (χ4v) is 3.88. The number of nitrogens with one attached hydrogen (secondary N) is 2. The van der Waals surface area contributed by atoms with Gasteiger partial charge < -0.3 is 5.32 Å². The highest BCUT2D eigenvalue weighted by Crippen LogP contribution is 2.27. The van der Waals surface area contributed by atoms with Crippen molar-refractivity contribution < 1.29 is 4.79 Å². The van der Waals surface area contributed by atoms with Crippen LogP contribution in [0.3, 0.4) is 0 Å². The Morgan fingerprint density at radius 1 is 1.42 bits per heavy atom. The van der Waals surface area contributed by atoms with Gasteiger partial charge in [-0.1, -0.05) is 11.6 Å². The van der Waals surface area contributed by atoms with E-state index in [4.69, 9.17) is 0 Å². The van der Waals surface area contributed by atoms with Gasteiger partial charge in [0.05, 0.1) is 6.04 Å². The molecule has 1 amide bonds. The molecule has 1 fully saturated rings. The van der Waals surface area contributed by atoms with E-state index in [-0.39, 0.29) is 11.9 Å². The molecule has 5 nitrogen and oxygen atoms in total. The van der Waals surface area contributed by atoms with Crippen LogP contribution in [-0.2, 0) is 4.79 Å². The summed E-state index contributed by atoms with van der Waals surface area (Å²) in [6, 6.07) is 2.03. The van der Waals surface area contributed by atoms with E-state index in [1.165, 1.54) is 37.0 Å². The van der Waals surface area contributed by atoms with Gasteiger partial charge in [-0.2, -0.15) is 5.10 Å². The van der Waals surface area contributed by atoms with Gasteiger partial charge in [0.1, 0.15) is 0 Å². The Hall–Kier alpha value is -1.62. The van der Waals surface area contributed by atoms with Crippen molar-refractivity contribution in [2.45, 2.75) is 63.8 Å². The Morgan fingerprint density at radius 2 is 2.25 bits per heavy atom. The number of likely N-dealkylation sites (tertiary alicyclic amines) is 1. The van der Waals surface area contributed by atoms with E-state index >= 15 is 0 Å². The zero-order valence-corrected chi connectivity index (χ0v) is 14.8. The molecule has 0 bridgehead atoms. The lowest BCUT2D eigenvalue weighted by molar-refractivity contribution is -0.126. The van der Waals surface area contributed by atoms with Gasteiger partial charge in [-0.15, -0.1) is 0 Å². The number of rotatable bonds is 6. The Labute approximate surface area is 144 Å². The van der Waals surface area contributed by atoms with Crippen molar-refractivity contribution in [3.63, 3.8) is 0 Å². The number of carbonyl (C=O) groups excluding carboxylic acids is 1. The van der Waals surface area contributed by atoms with Crippen LogP contribution in [0, 0.1) is 0 Å². The fourth-order valence-electron chi connectivity index (χ4n) is 3.88. The number of allylic oxidation sites excluding steroid dienone is 1. The molecule has 1 aromatic rings. The topological polar surface area (TPSA) is 61.0 Å². The molecule has 132 valence electrons. The summed E-state index contributed by atoms with van der Waals surface area (Å²) >= 11 is 0. The average Bonchev–Trinajstić information content (AvgIpc) is 3.17. The normalized spacial score (nSPS) is 21.3. The first-order valence-electron chi connectivity index (χ1n) is 9.43. The molecule has 0 radical (unpaired) electrons. The third kappa shape index (κ3) is 4.47. The summed E-state index contributed by atoms with van der Waals surface area (Å²) in [4.78, 5) is 14.7. The summed E-state index contributed by atoms with van der Waals surface area (Å²) in [5, 5.41) is 10.3. The Balaban J connectivity index is 1.38. The minimum Gasteiger partial charge on any atom is -0.354 e. The van der Waals surface area contributed by atoms with Gasteiger partial charge in [0.25, 0.3) is 0 Å². The van der Waals surface area contributed by atoms with Gasteiger partial charge in [0, 0.05) is 24.4 Å². The van der Waals surface area contributed by atoms with Crippen molar-refractivity contribution in [1.82, 2.24) is 20.4 Å². The lowest BCUT2D eigenvalue weighted by Gasteiger charge is -2.35. The van der Waals surface area contributed by atoms with Crippen LogP contribution >= 0.6 is 0 Å². The van der Waals surface area contributed by atoms with Crippen molar-refractivity contribution in [2.24, 2.45) is 0 Å². The standard InChI is InChI=1S/C19H30N4O/c1-15(19(24)20-11-7-16-5-3-2-4-6-16)23-13-9-17(10-14-23)18-8-12-21-22-18/h5,8,12,15,17H,2-4,6-7,9-11,13-14H2,1H3,(H,20,24)(H,21,22)/t15-/m0/s1. The number of hydrogen-bond donors (Lipinski definition) is 2. The van der Waals surface area contributed by atoms with E-state index in [1.807, 2.05) is 13.1 Å². The lowest BCUT2D eigenvalue weighted by Crippen LogP contribution is -2.48. The molecule has 1 aromatic heterocycles. The highest BCUT2D eigenvalue weighted by Gasteiger charge is 2.27.